The third-order valence-corrected chi connectivity index (χ3v) is 4.23. The number of β-amino-alcohol motifs (C(OH)–C–C–N with tert-alkyl or cyclic N) is 1. The van der Waals surface area contributed by atoms with E-state index in [1.165, 1.54) is 0 Å². The van der Waals surface area contributed by atoms with Crippen LogP contribution in [0.2, 0.25) is 0 Å². The molecule has 1 amide bonds. The number of halogens is 4. The van der Waals surface area contributed by atoms with Gasteiger partial charge in [-0.15, -0.1) is 12.4 Å². The predicted octanol–water partition coefficient (Wildman–Crippen LogP) is 1.60. The molecular formula is C12H20ClF3N2O2. The first-order valence-electron chi connectivity index (χ1n) is 6.55. The summed E-state index contributed by atoms with van der Waals surface area (Å²) in [7, 11) is 0. The lowest BCUT2D eigenvalue weighted by molar-refractivity contribution is -0.253. The Balaban J connectivity index is 0.00000200. The summed E-state index contributed by atoms with van der Waals surface area (Å²) < 4.78 is 38.1. The van der Waals surface area contributed by atoms with E-state index >= 15 is 0 Å². The summed E-state index contributed by atoms with van der Waals surface area (Å²) in [5, 5.41) is 9.57. The lowest BCUT2D eigenvalue weighted by Crippen LogP contribution is -2.57. The number of aliphatic hydroxyl groups is 1. The highest BCUT2D eigenvalue weighted by Gasteiger charge is 2.58. The van der Waals surface area contributed by atoms with E-state index in [4.69, 9.17) is 5.73 Å². The van der Waals surface area contributed by atoms with Gasteiger partial charge >= 0.3 is 6.18 Å². The number of nitrogens with zero attached hydrogens (tertiary/aromatic N) is 1. The molecule has 0 spiro atoms. The van der Waals surface area contributed by atoms with E-state index in [2.05, 4.69) is 0 Å². The Labute approximate surface area is 121 Å². The fourth-order valence-corrected chi connectivity index (χ4v) is 2.91. The first-order chi connectivity index (χ1) is 8.68. The van der Waals surface area contributed by atoms with Gasteiger partial charge in [-0.3, -0.25) is 4.79 Å². The number of rotatable bonds is 1. The number of alkyl halides is 3. The molecule has 3 N–H and O–H groups in total. The lowest BCUT2D eigenvalue weighted by Gasteiger charge is -2.36. The highest BCUT2D eigenvalue weighted by Crippen LogP contribution is 2.39. The van der Waals surface area contributed by atoms with Crippen LogP contribution in [0, 0.1) is 0 Å². The van der Waals surface area contributed by atoms with Crippen LogP contribution in [0.25, 0.3) is 0 Å². The summed E-state index contributed by atoms with van der Waals surface area (Å²) in [6, 6.07) is 0. The molecule has 2 aliphatic rings. The van der Waals surface area contributed by atoms with E-state index in [1.54, 1.807) is 0 Å². The van der Waals surface area contributed by atoms with Crippen molar-refractivity contribution >= 4 is 18.3 Å². The van der Waals surface area contributed by atoms with Crippen LogP contribution < -0.4 is 5.73 Å². The van der Waals surface area contributed by atoms with E-state index in [0.717, 1.165) is 24.2 Å². The van der Waals surface area contributed by atoms with E-state index in [-0.39, 0.29) is 19.0 Å². The minimum atomic E-state index is -4.71. The normalized spacial score (nSPS) is 29.9. The van der Waals surface area contributed by atoms with Gasteiger partial charge in [0.2, 0.25) is 5.91 Å². The summed E-state index contributed by atoms with van der Waals surface area (Å²) in [5.74, 6) is -0.452. The number of carbonyl (C=O) groups excluding carboxylic acids is 1. The maximum absolute atomic E-state index is 12.7. The molecule has 1 unspecified atom stereocenters. The lowest BCUT2D eigenvalue weighted by atomic mass is 9.81. The van der Waals surface area contributed by atoms with Crippen molar-refractivity contribution in [3.8, 4) is 0 Å². The van der Waals surface area contributed by atoms with Crippen molar-refractivity contribution < 1.29 is 23.1 Å². The topological polar surface area (TPSA) is 66.6 Å². The molecule has 1 saturated carbocycles. The SMILES string of the molecule is Cl.NC1(C(=O)N2CCC(O)(C(F)(F)F)C2)CCCCC1. The number of hydrogen-bond donors (Lipinski definition) is 2. The second-order valence-corrected chi connectivity index (χ2v) is 5.72. The highest BCUT2D eigenvalue weighted by atomic mass is 35.5. The van der Waals surface area contributed by atoms with Crippen molar-refractivity contribution in [2.24, 2.45) is 5.73 Å². The van der Waals surface area contributed by atoms with Gasteiger partial charge in [0.15, 0.2) is 5.60 Å². The van der Waals surface area contributed by atoms with Crippen molar-refractivity contribution in [1.29, 1.82) is 0 Å². The predicted molar refractivity (Wildman–Crippen MR) is 69.5 cm³/mol. The molecule has 118 valence electrons. The monoisotopic (exact) mass is 316 g/mol. The summed E-state index contributed by atoms with van der Waals surface area (Å²) in [6.07, 6.45) is -1.54. The first-order valence-corrected chi connectivity index (χ1v) is 6.55. The number of hydrogen-bond acceptors (Lipinski definition) is 3. The van der Waals surface area contributed by atoms with Gasteiger partial charge in [-0.2, -0.15) is 13.2 Å². The van der Waals surface area contributed by atoms with Crippen LogP contribution in [0.5, 0.6) is 0 Å². The zero-order valence-corrected chi connectivity index (χ0v) is 11.9. The fourth-order valence-electron chi connectivity index (χ4n) is 2.91. The van der Waals surface area contributed by atoms with E-state index < -0.39 is 36.2 Å². The smallest absolute Gasteiger partial charge is 0.379 e. The maximum atomic E-state index is 12.7. The number of nitrogens with two attached hydrogens (primary N) is 1. The van der Waals surface area contributed by atoms with Crippen LogP contribution in [0.3, 0.4) is 0 Å². The molecule has 0 radical (unpaired) electrons. The Morgan fingerprint density at radius 2 is 1.70 bits per heavy atom. The van der Waals surface area contributed by atoms with Crippen LogP contribution >= 0.6 is 12.4 Å². The van der Waals surface area contributed by atoms with Gasteiger partial charge in [0.1, 0.15) is 0 Å². The Kier molecular flexibility index (Phi) is 4.99. The molecule has 0 bridgehead atoms. The minimum absolute atomic E-state index is 0. The van der Waals surface area contributed by atoms with Crippen molar-refractivity contribution in [3.05, 3.63) is 0 Å². The molecule has 2 fully saturated rings. The van der Waals surface area contributed by atoms with Gasteiger partial charge in [0.05, 0.1) is 12.1 Å². The van der Waals surface area contributed by atoms with Crippen molar-refractivity contribution in [2.45, 2.75) is 55.8 Å². The number of amides is 1. The molecule has 2 rings (SSSR count). The molecule has 1 aliphatic heterocycles. The molecule has 4 nitrogen and oxygen atoms in total. The van der Waals surface area contributed by atoms with E-state index in [9.17, 15) is 23.1 Å². The van der Waals surface area contributed by atoms with Crippen molar-refractivity contribution in [2.75, 3.05) is 13.1 Å². The molecule has 0 aromatic rings. The molecule has 0 aromatic carbocycles. The summed E-state index contributed by atoms with van der Waals surface area (Å²) in [6.45, 7) is -0.790. The Morgan fingerprint density at radius 3 is 2.15 bits per heavy atom. The standard InChI is InChI=1S/C12H19F3N2O2.ClH/c13-12(14,15)11(19)6-7-17(8-11)9(18)10(16)4-2-1-3-5-10;/h19H,1-8,16H2;1H. The number of likely N-dealkylation sites (tertiary alicyclic amines) is 1. The quantitative estimate of drug-likeness (QED) is 0.772. The largest absolute Gasteiger partial charge is 0.419 e. The molecule has 1 heterocycles. The molecular weight excluding hydrogens is 297 g/mol. The van der Waals surface area contributed by atoms with Gasteiger partial charge in [-0.05, 0) is 12.8 Å². The van der Waals surface area contributed by atoms with Crippen LogP contribution in [0.15, 0.2) is 0 Å². The zero-order valence-electron chi connectivity index (χ0n) is 11.1. The molecule has 1 aliphatic carbocycles. The average Bonchev–Trinajstić information content (AvgIpc) is 2.72. The van der Waals surface area contributed by atoms with E-state index in [1.807, 2.05) is 0 Å². The molecule has 0 aromatic heterocycles. The zero-order chi connectivity index (χ0) is 14.3. The first kappa shape index (κ1) is 17.5. The molecule has 1 saturated heterocycles. The molecule has 1 atom stereocenters. The molecule has 8 heteroatoms. The maximum Gasteiger partial charge on any atom is 0.419 e. The minimum Gasteiger partial charge on any atom is -0.379 e. The average molecular weight is 317 g/mol. The van der Waals surface area contributed by atoms with Crippen LogP contribution in [-0.4, -0.2) is 46.3 Å². The Morgan fingerprint density at radius 1 is 1.15 bits per heavy atom. The van der Waals surface area contributed by atoms with Gasteiger partial charge in [0, 0.05) is 13.0 Å². The van der Waals surface area contributed by atoms with Crippen LogP contribution in [-0.2, 0) is 4.79 Å². The second kappa shape index (κ2) is 5.69. The van der Waals surface area contributed by atoms with Crippen molar-refractivity contribution in [1.82, 2.24) is 4.90 Å². The molecule has 20 heavy (non-hydrogen) atoms. The Hall–Kier alpha value is -0.530. The second-order valence-electron chi connectivity index (χ2n) is 5.72. The van der Waals surface area contributed by atoms with Gasteiger partial charge < -0.3 is 15.7 Å². The third kappa shape index (κ3) is 3.04. The highest BCUT2D eigenvalue weighted by molar-refractivity contribution is 5.86. The van der Waals surface area contributed by atoms with Gasteiger partial charge in [0.25, 0.3) is 0 Å². The summed E-state index contributed by atoms with van der Waals surface area (Å²) >= 11 is 0. The van der Waals surface area contributed by atoms with Gasteiger partial charge in [-0.25, -0.2) is 0 Å². The van der Waals surface area contributed by atoms with E-state index in [0.29, 0.717) is 12.8 Å². The third-order valence-electron chi connectivity index (χ3n) is 4.23. The van der Waals surface area contributed by atoms with Gasteiger partial charge in [-0.1, -0.05) is 19.3 Å². The Bertz CT molecular complexity index is 372. The summed E-state index contributed by atoms with van der Waals surface area (Å²) in [5.41, 5.74) is 2.20. The number of carbonyl (C=O) groups is 1. The fraction of sp³-hybridized carbons (Fsp3) is 0.917. The van der Waals surface area contributed by atoms with Crippen LogP contribution in [0.4, 0.5) is 13.2 Å². The summed E-state index contributed by atoms with van der Waals surface area (Å²) in [4.78, 5) is 13.3. The van der Waals surface area contributed by atoms with Crippen LogP contribution in [0.1, 0.15) is 38.5 Å². The van der Waals surface area contributed by atoms with Crippen molar-refractivity contribution in [3.63, 3.8) is 0 Å².